The molecule has 0 aromatic carbocycles. The van der Waals surface area contributed by atoms with E-state index in [2.05, 4.69) is 19.7 Å². The summed E-state index contributed by atoms with van der Waals surface area (Å²) in [6.07, 6.45) is 1.61. The van der Waals surface area contributed by atoms with Crippen LogP contribution in [0.4, 0.5) is 4.39 Å². The van der Waals surface area contributed by atoms with Crippen molar-refractivity contribution in [3.63, 3.8) is 0 Å². The molecular weight excluding hydrogens is 411 g/mol. The summed E-state index contributed by atoms with van der Waals surface area (Å²) in [5.41, 5.74) is 1.15. The van der Waals surface area contributed by atoms with Gasteiger partial charge >= 0.3 is 5.97 Å². The number of nitrogens with one attached hydrogen (secondary N) is 1. The van der Waals surface area contributed by atoms with Crippen molar-refractivity contribution in [1.82, 2.24) is 19.3 Å². The van der Waals surface area contributed by atoms with Crippen molar-refractivity contribution >= 4 is 27.6 Å². The lowest BCUT2D eigenvalue weighted by Gasteiger charge is -2.35. The molecule has 1 aliphatic heterocycles. The highest BCUT2D eigenvalue weighted by Gasteiger charge is 2.36. The number of rotatable bonds is 5. The number of carbonyl (C=O) groups excluding carboxylic acids is 1. The quantitative estimate of drug-likeness (QED) is 0.729. The molecular formula is C17H20ClFN4O4S. The Hall–Kier alpha value is -2.04. The second-order valence-corrected chi connectivity index (χ2v) is 9.04. The predicted molar refractivity (Wildman–Crippen MR) is 101 cm³/mol. The molecule has 0 bridgehead atoms. The third kappa shape index (κ3) is 4.34. The Bertz CT molecular complexity index is 964. The molecule has 1 fully saturated rings. The van der Waals surface area contributed by atoms with Crippen molar-refractivity contribution in [2.75, 3.05) is 26.0 Å². The summed E-state index contributed by atoms with van der Waals surface area (Å²) in [5.74, 6) is -1.59. The predicted octanol–water partition coefficient (Wildman–Crippen LogP) is 2.19. The van der Waals surface area contributed by atoms with Gasteiger partial charge in [-0.15, -0.1) is 0 Å². The molecule has 3 rings (SSSR count). The number of imidazole rings is 1. The number of nitrogens with zero attached hydrogens (tertiary/aromatic N) is 3. The van der Waals surface area contributed by atoms with Crippen molar-refractivity contribution in [2.45, 2.75) is 19.3 Å². The zero-order chi connectivity index (χ0) is 20.5. The lowest BCUT2D eigenvalue weighted by Crippen LogP contribution is -2.44. The van der Waals surface area contributed by atoms with Gasteiger partial charge < -0.3 is 9.72 Å². The highest BCUT2D eigenvalue weighted by molar-refractivity contribution is 7.89. The van der Waals surface area contributed by atoms with Crippen LogP contribution in [0.2, 0.25) is 5.15 Å². The summed E-state index contributed by atoms with van der Waals surface area (Å²) < 4.78 is 43.6. The number of ether oxygens (including phenoxy) is 1. The Labute approximate surface area is 167 Å². The van der Waals surface area contributed by atoms with Gasteiger partial charge in [-0.3, -0.25) is 4.79 Å². The summed E-state index contributed by atoms with van der Waals surface area (Å²) >= 11 is 6.30. The van der Waals surface area contributed by atoms with Crippen molar-refractivity contribution < 1.29 is 22.3 Å². The second kappa shape index (κ2) is 8.14. The maximum Gasteiger partial charge on any atom is 0.322 e. The van der Waals surface area contributed by atoms with Gasteiger partial charge in [-0.05, 0) is 24.5 Å². The van der Waals surface area contributed by atoms with Crippen LogP contribution in [0.5, 0.6) is 0 Å². The number of aromatic amines is 1. The smallest absolute Gasteiger partial charge is 0.322 e. The van der Waals surface area contributed by atoms with Crippen molar-refractivity contribution in [1.29, 1.82) is 0 Å². The van der Waals surface area contributed by atoms with E-state index in [9.17, 15) is 17.6 Å². The molecule has 0 aliphatic carbocycles. The van der Waals surface area contributed by atoms with Gasteiger partial charge in [-0.2, -0.15) is 0 Å². The molecule has 2 aromatic rings. The fourth-order valence-corrected chi connectivity index (χ4v) is 5.05. The maximum atomic E-state index is 13.1. The molecule has 1 aliphatic rings. The summed E-state index contributed by atoms with van der Waals surface area (Å²) in [6, 6.07) is 2.78. The topological polar surface area (TPSA) is 105 Å². The highest BCUT2D eigenvalue weighted by atomic mass is 35.5. The summed E-state index contributed by atoms with van der Waals surface area (Å²) in [7, 11) is -2.58. The Morgan fingerprint density at radius 1 is 1.46 bits per heavy atom. The molecule has 0 amide bonds. The second-order valence-electron chi connectivity index (χ2n) is 6.71. The number of aromatic nitrogens is 3. The van der Waals surface area contributed by atoms with Gasteiger partial charge in [0, 0.05) is 19.0 Å². The Morgan fingerprint density at radius 3 is 2.82 bits per heavy atom. The van der Waals surface area contributed by atoms with E-state index in [1.165, 1.54) is 16.4 Å². The Morgan fingerprint density at radius 2 is 2.21 bits per heavy atom. The van der Waals surface area contributed by atoms with E-state index in [1.54, 1.807) is 0 Å². The number of H-pyrrole nitrogens is 1. The van der Waals surface area contributed by atoms with E-state index in [-0.39, 0.29) is 30.1 Å². The fourth-order valence-electron chi connectivity index (χ4n) is 3.34. The van der Waals surface area contributed by atoms with E-state index in [4.69, 9.17) is 11.6 Å². The molecule has 0 unspecified atom stereocenters. The van der Waals surface area contributed by atoms with Crippen molar-refractivity contribution in [3.05, 3.63) is 35.0 Å². The standard InChI is InChI=1S/C17H20ClFN4O4S/c1-10-8-23(28(25,26)9-14(24)27-2)6-5-12(10)15-16(18)22-17(21-15)13-4-3-11(19)7-20-13/h3-4,7,10,12H,5-6,8-9H2,1-2H3,(H,21,22)/t10-,12+/m0/s1. The van der Waals surface area contributed by atoms with Crippen LogP contribution in [-0.4, -0.2) is 59.6 Å². The van der Waals surface area contributed by atoms with Crippen LogP contribution in [0.1, 0.15) is 25.0 Å². The zero-order valence-electron chi connectivity index (χ0n) is 15.4. The highest BCUT2D eigenvalue weighted by Crippen LogP contribution is 2.37. The van der Waals surface area contributed by atoms with Gasteiger partial charge in [0.15, 0.2) is 16.7 Å². The van der Waals surface area contributed by atoms with E-state index in [0.29, 0.717) is 23.6 Å². The van der Waals surface area contributed by atoms with Gasteiger partial charge in [-0.25, -0.2) is 27.1 Å². The van der Waals surface area contributed by atoms with Gasteiger partial charge in [-0.1, -0.05) is 18.5 Å². The van der Waals surface area contributed by atoms with Crippen LogP contribution in [-0.2, 0) is 19.6 Å². The van der Waals surface area contributed by atoms with Gasteiger partial charge in [0.2, 0.25) is 10.0 Å². The number of hydrogen-bond acceptors (Lipinski definition) is 6. The van der Waals surface area contributed by atoms with E-state index in [0.717, 1.165) is 13.3 Å². The van der Waals surface area contributed by atoms with E-state index < -0.39 is 27.6 Å². The molecule has 11 heteroatoms. The van der Waals surface area contributed by atoms with Crippen LogP contribution in [0, 0.1) is 11.7 Å². The normalized spacial score (nSPS) is 20.9. The average Bonchev–Trinajstić information content (AvgIpc) is 3.03. The first-order valence-electron chi connectivity index (χ1n) is 8.63. The average molecular weight is 431 g/mol. The molecule has 2 atom stereocenters. The van der Waals surface area contributed by atoms with Crippen LogP contribution < -0.4 is 0 Å². The Kier molecular flexibility index (Phi) is 6.01. The van der Waals surface area contributed by atoms with E-state index in [1.807, 2.05) is 6.92 Å². The van der Waals surface area contributed by atoms with Crippen molar-refractivity contribution in [3.8, 4) is 11.5 Å². The number of sulfonamides is 1. The number of pyridine rings is 1. The molecule has 1 N–H and O–H groups in total. The number of hydrogen-bond donors (Lipinski definition) is 1. The SMILES string of the molecule is COC(=O)CS(=O)(=O)N1CC[C@@H](c2[nH]c(-c3ccc(F)cn3)nc2Cl)[C@@H](C)C1. The van der Waals surface area contributed by atoms with Crippen molar-refractivity contribution in [2.24, 2.45) is 5.92 Å². The largest absolute Gasteiger partial charge is 0.468 e. The maximum absolute atomic E-state index is 13.1. The number of halogens is 2. The molecule has 1 saturated heterocycles. The third-order valence-electron chi connectivity index (χ3n) is 4.82. The van der Waals surface area contributed by atoms with Gasteiger partial charge in [0.05, 0.1) is 19.0 Å². The minimum Gasteiger partial charge on any atom is -0.468 e. The van der Waals surface area contributed by atoms with Crippen LogP contribution in [0.3, 0.4) is 0 Å². The summed E-state index contributed by atoms with van der Waals surface area (Å²) in [4.78, 5) is 22.8. The zero-order valence-corrected chi connectivity index (χ0v) is 16.9. The van der Waals surface area contributed by atoms with Crippen LogP contribution in [0.25, 0.3) is 11.5 Å². The first kappa shape index (κ1) is 20.7. The number of piperidine rings is 1. The number of methoxy groups -OCH3 is 1. The molecule has 0 radical (unpaired) electrons. The fraction of sp³-hybridized carbons (Fsp3) is 0.471. The molecule has 3 heterocycles. The lowest BCUT2D eigenvalue weighted by molar-refractivity contribution is -0.137. The molecule has 8 nitrogen and oxygen atoms in total. The third-order valence-corrected chi connectivity index (χ3v) is 6.82. The van der Waals surface area contributed by atoms with Gasteiger partial charge in [0.1, 0.15) is 11.5 Å². The van der Waals surface area contributed by atoms with E-state index >= 15 is 0 Å². The van der Waals surface area contributed by atoms with Crippen LogP contribution >= 0.6 is 11.6 Å². The monoisotopic (exact) mass is 430 g/mol. The van der Waals surface area contributed by atoms with Gasteiger partial charge in [0.25, 0.3) is 0 Å². The molecule has 2 aromatic heterocycles. The molecule has 28 heavy (non-hydrogen) atoms. The molecule has 152 valence electrons. The number of carbonyl (C=O) groups is 1. The lowest BCUT2D eigenvalue weighted by atomic mass is 9.86. The first-order chi connectivity index (χ1) is 13.2. The summed E-state index contributed by atoms with van der Waals surface area (Å²) in [5, 5.41) is 0.281. The molecule has 0 spiro atoms. The summed E-state index contributed by atoms with van der Waals surface area (Å²) in [6.45, 7) is 2.43. The minimum absolute atomic E-state index is 0.0428. The minimum atomic E-state index is -3.73. The number of esters is 1. The first-order valence-corrected chi connectivity index (χ1v) is 10.6. The van der Waals surface area contributed by atoms with Crippen LogP contribution in [0.15, 0.2) is 18.3 Å². The Balaban J connectivity index is 1.76. The molecule has 0 saturated carbocycles.